The molecule has 0 atom stereocenters. The normalized spacial score (nSPS) is 12.1. The zero-order valence-electron chi connectivity index (χ0n) is 19.7. The maximum atomic E-state index is 15.0. The second kappa shape index (κ2) is 10.0. The first kappa shape index (κ1) is 25.5. The van der Waals surface area contributed by atoms with Gasteiger partial charge in [-0.25, -0.2) is 14.4 Å². The first-order valence-electron chi connectivity index (χ1n) is 10.6. The van der Waals surface area contributed by atoms with Crippen molar-refractivity contribution in [2.24, 2.45) is 0 Å². The third-order valence-corrected chi connectivity index (χ3v) is 5.27. The number of hydrogen-bond acceptors (Lipinski definition) is 7. The number of nitrogens with one attached hydrogen (secondary N) is 1. The molecule has 0 spiro atoms. The van der Waals surface area contributed by atoms with Crippen molar-refractivity contribution in [3.63, 3.8) is 0 Å². The summed E-state index contributed by atoms with van der Waals surface area (Å²) in [5.41, 5.74) is -2.75. The molecule has 1 aromatic heterocycles. The van der Waals surface area contributed by atoms with Gasteiger partial charge in [0.05, 0.1) is 24.8 Å². The predicted octanol–water partition coefficient (Wildman–Crippen LogP) is 4.59. The molecule has 2 aromatic carbocycles. The largest absolute Gasteiger partial charge is 0.493 e. The number of aliphatic hydroxyl groups is 1. The molecule has 0 unspecified atom stereocenters. The van der Waals surface area contributed by atoms with Crippen molar-refractivity contribution in [3.05, 3.63) is 53.1 Å². The van der Waals surface area contributed by atoms with Gasteiger partial charge in [0.15, 0.2) is 11.5 Å². The average Bonchev–Trinajstić information content (AvgIpc) is 2.77. The highest BCUT2D eigenvalue weighted by molar-refractivity contribution is 5.91. The number of aryl methyl sites for hydroxylation is 1. The van der Waals surface area contributed by atoms with E-state index in [4.69, 9.17) is 14.2 Å². The minimum Gasteiger partial charge on any atom is -0.493 e. The van der Waals surface area contributed by atoms with Crippen molar-refractivity contribution >= 4 is 16.7 Å². The van der Waals surface area contributed by atoms with Crippen LogP contribution in [0.1, 0.15) is 30.8 Å². The highest BCUT2D eigenvalue weighted by Gasteiger charge is 2.48. The summed E-state index contributed by atoms with van der Waals surface area (Å²) < 4.78 is 60.4. The third kappa shape index (κ3) is 5.18. The number of halogens is 3. The van der Waals surface area contributed by atoms with E-state index >= 15 is 4.39 Å². The van der Waals surface area contributed by atoms with Crippen LogP contribution in [0, 0.1) is 12.7 Å². The van der Waals surface area contributed by atoms with E-state index in [2.05, 4.69) is 15.3 Å². The summed E-state index contributed by atoms with van der Waals surface area (Å²) in [6, 6.07) is 7.08. The van der Waals surface area contributed by atoms with E-state index in [0.717, 1.165) is 19.9 Å². The summed E-state index contributed by atoms with van der Waals surface area (Å²) in [7, 11) is 3.07. The van der Waals surface area contributed by atoms with Gasteiger partial charge in [-0.2, -0.15) is 8.78 Å². The van der Waals surface area contributed by atoms with E-state index in [9.17, 15) is 13.9 Å². The maximum Gasteiger partial charge on any atom is 0.303 e. The first-order chi connectivity index (χ1) is 16.0. The summed E-state index contributed by atoms with van der Waals surface area (Å²) in [6.07, 6.45) is 0. The fraction of sp³-hybridized carbons (Fsp3) is 0.417. The molecule has 0 bridgehead atoms. The maximum absolute atomic E-state index is 15.0. The number of methoxy groups -OCH3 is 2. The Bertz CT molecular complexity index is 1170. The fourth-order valence-electron chi connectivity index (χ4n) is 3.36. The molecule has 0 saturated heterocycles. The van der Waals surface area contributed by atoms with Crippen LogP contribution in [0.15, 0.2) is 30.3 Å². The zero-order valence-corrected chi connectivity index (χ0v) is 19.7. The molecular formula is C24H28F3N3O4. The van der Waals surface area contributed by atoms with E-state index in [-0.39, 0.29) is 12.1 Å². The number of rotatable bonds is 10. The van der Waals surface area contributed by atoms with Gasteiger partial charge in [0.25, 0.3) is 0 Å². The molecule has 7 nitrogen and oxygen atoms in total. The minimum absolute atomic E-state index is 0.00378. The number of fused-ring (bicyclic) bond motifs is 1. The van der Waals surface area contributed by atoms with Gasteiger partial charge >= 0.3 is 5.92 Å². The highest BCUT2D eigenvalue weighted by Crippen LogP contribution is 2.40. The Labute approximate surface area is 195 Å². The van der Waals surface area contributed by atoms with Gasteiger partial charge in [0.2, 0.25) is 0 Å². The monoisotopic (exact) mass is 479 g/mol. The molecule has 0 aliphatic carbocycles. The summed E-state index contributed by atoms with van der Waals surface area (Å²) in [6.45, 7) is 4.12. The number of nitrogens with zero attached hydrogens (tertiary/aromatic N) is 2. The van der Waals surface area contributed by atoms with Crippen LogP contribution in [-0.2, 0) is 17.2 Å². The Morgan fingerprint density at radius 1 is 1.06 bits per heavy atom. The van der Waals surface area contributed by atoms with Gasteiger partial charge in [-0.05, 0) is 32.9 Å². The van der Waals surface area contributed by atoms with E-state index in [1.807, 2.05) is 0 Å². The van der Waals surface area contributed by atoms with E-state index in [1.54, 1.807) is 26.2 Å². The lowest BCUT2D eigenvalue weighted by atomic mass is 9.92. The van der Waals surface area contributed by atoms with Crippen molar-refractivity contribution in [2.45, 2.75) is 38.8 Å². The van der Waals surface area contributed by atoms with Crippen LogP contribution < -0.4 is 14.8 Å². The molecule has 0 aliphatic rings. The summed E-state index contributed by atoms with van der Waals surface area (Å²) in [5, 5.41) is 13.4. The summed E-state index contributed by atoms with van der Waals surface area (Å²) in [5.74, 6) is -3.13. The molecule has 184 valence electrons. The summed E-state index contributed by atoms with van der Waals surface area (Å²) in [4.78, 5) is 8.81. The lowest BCUT2D eigenvalue weighted by Crippen LogP contribution is -2.41. The number of ether oxygens (including phenoxy) is 3. The number of hydrogen-bond donors (Lipinski definition) is 2. The Balaban J connectivity index is 1.96. The van der Waals surface area contributed by atoms with Gasteiger partial charge in [-0.15, -0.1) is 0 Å². The number of anilines is 1. The van der Waals surface area contributed by atoms with Crippen molar-refractivity contribution in [1.82, 2.24) is 9.97 Å². The van der Waals surface area contributed by atoms with Crippen LogP contribution >= 0.6 is 0 Å². The topological polar surface area (TPSA) is 85.7 Å². The quantitative estimate of drug-likeness (QED) is 0.412. The van der Waals surface area contributed by atoms with Crippen LogP contribution in [-0.4, -0.2) is 48.1 Å². The second-order valence-corrected chi connectivity index (χ2v) is 8.25. The number of benzene rings is 2. The predicted molar refractivity (Wildman–Crippen MR) is 122 cm³/mol. The molecule has 34 heavy (non-hydrogen) atoms. The van der Waals surface area contributed by atoms with E-state index < -0.39 is 22.9 Å². The third-order valence-electron chi connectivity index (χ3n) is 5.27. The van der Waals surface area contributed by atoms with E-state index in [1.165, 1.54) is 19.2 Å². The van der Waals surface area contributed by atoms with Gasteiger partial charge in [0, 0.05) is 30.7 Å². The van der Waals surface area contributed by atoms with Crippen LogP contribution in [0.5, 0.6) is 11.5 Å². The SMILES string of the molecule is COCCOc1cc2c(NCc3cccc(C(F)(F)C(C)(C)O)c3F)nc(C)nc2cc1OC. The van der Waals surface area contributed by atoms with Gasteiger partial charge in [-0.3, -0.25) is 0 Å². The smallest absolute Gasteiger partial charge is 0.303 e. The zero-order chi connectivity index (χ0) is 25.1. The van der Waals surface area contributed by atoms with Crippen molar-refractivity contribution in [3.8, 4) is 11.5 Å². The molecule has 0 radical (unpaired) electrons. The molecule has 10 heteroatoms. The lowest BCUT2D eigenvalue weighted by Gasteiger charge is -2.30. The lowest BCUT2D eigenvalue weighted by molar-refractivity contribution is -0.170. The fourth-order valence-corrected chi connectivity index (χ4v) is 3.36. The van der Waals surface area contributed by atoms with Crippen LogP contribution in [0.3, 0.4) is 0 Å². The van der Waals surface area contributed by atoms with Crippen molar-refractivity contribution < 1.29 is 32.5 Å². The molecule has 3 rings (SSSR count). The average molecular weight is 479 g/mol. The molecule has 0 saturated carbocycles. The molecule has 0 amide bonds. The minimum atomic E-state index is -3.78. The van der Waals surface area contributed by atoms with Gasteiger partial charge in [0.1, 0.15) is 29.7 Å². The molecule has 0 fully saturated rings. The van der Waals surface area contributed by atoms with Gasteiger partial charge < -0.3 is 24.6 Å². The number of aromatic nitrogens is 2. The Morgan fingerprint density at radius 2 is 1.79 bits per heavy atom. The standard InChI is InChI=1S/C24H28F3N3O4/c1-14-29-18-12-19(33-5)20(34-10-9-32-4)11-16(18)22(30-14)28-13-15-7-6-8-17(21(15)25)24(26,27)23(2,3)31/h6-8,11-12,31H,9-10,13H2,1-5H3,(H,28,29,30). The highest BCUT2D eigenvalue weighted by atomic mass is 19.3. The number of alkyl halides is 2. The first-order valence-corrected chi connectivity index (χ1v) is 10.6. The van der Waals surface area contributed by atoms with Crippen LogP contribution in [0.2, 0.25) is 0 Å². The molecular weight excluding hydrogens is 451 g/mol. The molecule has 3 aromatic rings. The Kier molecular flexibility index (Phi) is 7.52. The summed E-state index contributed by atoms with van der Waals surface area (Å²) >= 11 is 0. The Hall–Kier alpha value is -3.11. The molecule has 1 heterocycles. The van der Waals surface area contributed by atoms with Crippen molar-refractivity contribution in [2.75, 3.05) is 32.8 Å². The van der Waals surface area contributed by atoms with Crippen LogP contribution in [0.4, 0.5) is 19.0 Å². The van der Waals surface area contributed by atoms with Crippen LogP contribution in [0.25, 0.3) is 10.9 Å². The van der Waals surface area contributed by atoms with Crippen molar-refractivity contribution in [1.29, 1.82) is 0 Å². The Morgan fingerprint density at radius 3 is 2.44 bits per heavy atom. The second-order valence-electron chi connectivity index (χ2n) is 8.25. The van der Waals surface area contributed by atoms with Gasteiger partial charge in [-0.1, -0.05) is 12.1 Å². The molecule has 0 aliphatic heterocycles. The molecule has 2 N–H and O–H groups in total. The van der Waals surface area contributed by atoms with E-state index in [0.29, 0.717) is 47.3 Å².